The maximum atomic E-state index is 14.4. The summed E-state index contributed by atoms with van der Waals surface area (Å²) in [7, 11) is 0. The van der Waals surface area contributed by atoms with Crippen molar-refractivity contribution in [3.05, 3.63) is 36.1 Å². The molecule has 4 rings (SSSR count). The van der Waals surface area contributed by atoms with Crippen molar-refractivity contribution in [3.8, 4) is 27.7 Å². The summed E-state index contributed by atoms with van der Waals surface area (Å²) in [5, 5.41) is 23.6. The number of aryl methyl sites for hydroxylation is 1. The molecule has 0 aliphatic carbocycles. The fourth-order valence-corrected chi connectivity index (χ4v) is 3.94. The quantitative estimate of drug-likeness (QED) is 0.561. The Balaban J connectivity index is 1.87. The first kappa shape index (κ1) is 15.8. The Morgan fingerprint density at radius 2 is 2.16 bits per heavy atom. The second-order valence-electron chi connectivity index (χ2n) is 5.79. The van der Waals surface area contributed by atoms with E-state index in [2.05, 4.69) is 32.1 Å². The van der Waals surface area contributed by atoms with Gasteiger partial charge in [-0.2, -0.15) is 5.21 Å². The molecule has 0 atom stereocenters. The summed E-state index contributed by atoms with van der Waals surface area (Å²) in [4.78, 5) is 0.918. The predicted molar refractivity (Wildman–Crippen MR) is 95.0 cm³/mol. The number of halogens is 1. The summed E-state index contributed by atoms with van der Waals surface area (Å²) in [5.41, 5.74) is 2.33. The normalized spacial score (nSPS) is 11.4. The van der Waals surface area contributed by atoms with Gasteiger partial charge in [0.1, 0.15) is 11.6 Å². The van der Waals surface area contributed by atoms with Crippen molar-refractivity contribution in [1.82, 2.24) is 25.2 Å². The molecule has 3 heterocycles. The van der Waals surface area contributed by atoms with Crippen molar-refractivity contribution in [3.63, 3.8) is 0 Å². The van der Waals surface area contributed by atoms with E-state index in [9.17, 15) is 9.50 Å². The number of aromatic hydroxyl groups is 1. The minimum absolute atomic E-state index is 0.0749. The van der Waals surface area contributed by atoms with E-state index in [1.165, 1.54) is 6.07 Å². The first-order valence-corrected chi connectivity index (χ1v) is 8.85. The topological polar surface area (TPSA) is 79.6 Å². The third-order valence-electron chi connectivity index (χ3n) is 4.12. The number of nitrogens with zero attached hydrogens (tertiary/aromatic N) is 4. The molecule has 0 saturated carbocycles. The molecule has 0 saturated heterocycles. The van der Waals surface area contributed by atoms with E-state index in [-0.39, 0.29) is 5.75 Å². The van der Waals surface area contributed by atoms with E-state index >= 15 is 0 Å². The first-order chi connectivity index (χ1) is 12.2. The molecule has 0 amide bonds. The van der Waals surface area contributed by atoms with Gasteiger partial charge in [0.15, 0.2) is 0 Å². The van der Waals surface area contributed by atoms with Crippen LogP contribution in [0.1, 0.15) is 19.8 Å². The molecule has 3 aromatic heterocycles. The summed E-state index contributed by atoms with van der Waals surface area (Å²) >= 11 is 1.55. The van der Waals surface area contributed by atoms with Crippen LogP contribution in [0, 0.1) is 5.82 Å². The maximum absolute atomic E-state index is 14.4. The van der Waals surface area contributed by atoms with Crippen LogP contribution in [0.5, 0.6) is 5.75 Å². The van der Waals surface area contributed by atoms with E-state index in [1.807, 2.05) is 12.1 Å². The number of hydrogen-bond donors (Lipinski definition) is 2. The predicted octanol–water partition coefficient (Wildman–Crippen LogP) is 4.19. The lowest BCUT2D eigenvalue weighted by atomic mass is 10.1. The lowest BCUT2D eigenvalue weighted by Gasteiger charge is -2.11. The fourth-order valence-electron chi connectivity index (χ4n) is 2.91. The fraction of sp³-hybridized carbons (Fsp3) is 0.235. The molecule has 0 bridgehead atoms. The number of H-pyrrole nitrogens is 1. The molecule has 1 aromatic carbocycles. The number of nitrogens with one attached hydrogen (secondary N) is 1. The first-order valence-electron chi connectivity index (χ1n) is 8.03. The highest BCUT2D eigenvalue weighted by Gasteiger charge is 2.18. The molecule has 0 aliphatic heterocycles. The van der Waals surface area contributed by atoms with Gasteiger partial charge >= 0.3 is 0 Å². The van der Waals surface area contributed by atoms with Crippen LogP contribution in [0.2, 0.25) is 0 Å². The standard InChI is InChI=1S/C17H16FN5OS/c1-2-3-6-23-13(11-5-4-10(24)7-12(11)18)8-15-14(23)9-16(25-15)17-19-21-22-20-17/h4-5,7-9,24H,2-3,6H2,1H3,(H,19,20,21,22). The van der Waals surface area contributed by atoms with Gasteiger partial charge in [-0.15, -0.1) is 21.5 Å². The van der Waals surface area contributed by atoms with E-state index in [0.717, 1.165) is 46.2 Å². The Morgan fingerprint density at radius 1 is 1.28 bits per heavy atom. The third-order valence-corrected chi connectivity index (χ3v) is 5.19. The van der Waals surface area contributed by atoms with Crippen molar-refractivity contribution < 1.29 is 9.50 Å². The number of fused-ring (bicyclic) bond motifs is 1. The highest BCUT2D eigenvalue weighted by Crippen LogP contribution is 2.38. The Morgan fingerprint density at radius 3 is 2.88 bits per heavy atom. The third kappa shape index (κ3) is 2.78. The number of tetrazole rings is 1. The zero-order chi connectivity index (χ0) is 17.4. The van der Waals surface area contributed by atoms with Crippen LogP contribution in [-0.2, 0) is 6.54 Å². The summed E-state index contributed by atoms with van der Waals surface area (Å²) < 4.78 is 17.5. The van der Waals surface area contributed by atoms with E-state index in [1.54, 1.807) is 17.4 Å². The van der Waals surface area contributed by atoms with Crippen LogP contribution in [0.15, 0.2) is 30.3 Å². The van der Waals surface area contributed by atoms with Gasteiger partial charge in [0.2, 0.25) is 5.82 Å². The Kier molecular flexibility index (Phi) is 3.96. The molecule has 4 aromatic rings. The number of benzene rings is 1. The van der Waals surface area contributed by atoms with Crippen LogP contribution in [0.4, 0.5) is 4.39 Å². The van der Waals surface area contributed by atoms with E-state index in [0.29, 0.717) is 11.4 Å². The summed E-state index contributed by atoms with van der Waals surface area (Å²) in [6, 6.07) is 8.27. The number of aromatic nitrogens is 5. The van der Waals surface area contributed by atoms with Crippen LogP contribution >= 0.6 is 11.3 Å². The van der Waals surface area contributed by atoms with Crippen molar-refractivity contribution in [1.29, 1.82) is 0 Å². The zero-order valence-electron chi connectivity index (χ0n) is 13.5. The van der Waals surface area contributed by atoms with Crippen LogP contribution in [-0.4, -0.2) is 30.3 Å². The van der Waals surface area contributed by atoms with Gasteiger partial charge in [-0.1, -0.05) is 13.3 Å². The number of thiophene rings is 1. The van der Waals surface area contributed by atoms with Crippen molar-refractivity contribution in [2.24, 2.45) is 0 Å². The van der Waals surface area contributed by atoms with E-state index in [4.69, 9.17) is 0 Å². The van der Waals surface area contributed by atoms with Crippen molar-refractivity contribution in [2.75, 3.05) is 0 Å². The molecule has 6 nitrogen and oxygen atoms in total. The molecule has 0 aliphatic rings. The molecular weight excluding hydrogens is 341 g/mol. The summed E-state index contributed by atoms with van der Waals surface area (Å²) in [6.07, 6.45) is 2.03. The number of phenolic OH excluding ortho intramolecular Hbond substituents is 1. The highest BCUT2D eigenvalue weighted by molar-refractivity contribution is 7.22. The SMILES string of the molecule is CCCCn1c(-c2ccc(O)cc2F)cc2sc(-c3nn[nH]n3)cc21. The average Bonchev–Trinajstić information content (AvgIpc) is 3.29. The van der Waals surface area contributed by atoms with Gasteiger partial charge in [0.05, 0.1) is 20.8 Å². The molecule has 128 valence electrons. The van der Waals surface area contributed by atoms with Gasteiger partial charge in [-0.25, -0.2) is 4.39 Å². The molecular formula is C17H16FN5OS. The minimum atomic E-state index is -0.429. The van der Waals surface area contributed by atoms with Gasteiger partial charge in [0, 0.05) is 18.2 Å². The number of unbranched alkanes of at least 4 members (excludes halogenated alkanes) is 1. The van der Waals surface area contributed by atoms with Crippen LogP contribution < -0.4 is 0 Å². The number of rotatable bonds is 5. The number of aromatic amines is 1. The maximum Gasteiger partial charge on any atom is 0.214 e. The Labute approximate surface area is 146 Å². The number of phenols is 1. The second kappa shape index (κ2) is 6.29. The average molecular weight is 357 g/mol. The van der Waals surface area contributed by atoms with Crippen molar-refractivity contribution >= 4 is 21.6 Å². The Bertz CT molecular complexity index is 1020. The molecule has 0 unspecified atom stereocenters. The minimum Gasteiger partial charge on any atom is -0.508 e. The van der Waals surface area contributed by atoms with Crippen LogP contribution in [0.3, 0.4) is 0 Å². The zero-order valence-corrected chi connectivity index (χ0v) is 14.3. The summed E-state index contributed by atoms with van der Waals surface area (Å²) in [5.74, 6) is 0.0519. The van der Waals surface area contributed by atoms with Gasteiger partial charge < -0.3 is 9.67 Å². The monoisotopic (exact) mass is 357 g/mol. The molecule has 0 radical (unpaired) electrons. The molecule has 0 fully saturated rings. The smallest absolute Gasteiger partial charge is 0.214 e. The largest absolute Gasteiger partial charge is 0.508 e. The molecule has 8 heteroatoms. The van der Waals surface area contributed by atoms with E-state index < -0.39 is 5.82 Å². The lowest BCUT2D eigenvalue weighted by Crippen LogP contribution is -2.00. The number of hydrogen-bond acceptors (Lipinski definition) is 5. The highest BCUT2D eigenvalue weighted by atomic mass is 32.1. The molecule has 25 heavy (non-hydrogen) atoms. The van der Waals surface area contributed by atoms with Gasteiger partial charge in [-0.3, -0.25) is 0 Å². The van der Waals surface area contributed by atoms with Gasteiger partial charge in [-0.05, 0) is 35.9 Å². The second-order valence-corrected chi connectivity index (χ2v) is 6.88. The van der Waals surface area contributed by atoms with Crippen LogP contribution in [0.25, 0.3) is 32.2 Å². The molecule has 0 spiro atoms. The molecule has 2 N–H and O–H groups in total. The van der Waals surface area contributed by atoms with Crippen molar-refractivity contribution in [2.45, 2.75) is 26.3 Å². The lowest BCUT2D eigenvalue weighted by molar-refractivity contribution is 0.469. The van der Waals surface area contributed by atoms with Gasteiger partial charge in [0.25, 0.3) is 0 Å². The summed E-state index contributed by atoms with van der Waals surface area (Å²) in [6.45, 7) is 2.91. The Hall–Kier alpha value is -2.74.